The van der Waals surface area contributed by atoms with E-state index in [0.717, 1.165) is 0 Å². The highest BCUT2D eigenvalue weighted by Gasteiger charge is 2.10. The van der Waals surface area contributed by atoms with Gasteiger partial charge in [0.05, 0.1) is 6.54 Å². The molecule has 0 bridgehead atoms. The summed E-state index contributed by atoms with van der Waals surface area (Å²) in [6.45, 7) is 4.45. The Balaban J connectivity index is 2.35. The van der Waals surface area contributed by atoms with Crippen molar-refractivity contribution in [1.29, 1.82) is 0 Å². The summed E-state index contributed by atoms with van der Waals surface area (Å²) >= 11 is 0. The summed E-state index contributed by atoms with van der Waals surface area (Å²) in [7, 11) is 0. The highest BCUT2D eigenvalue weighted by molar-refractivity contribution is 5.90. The maximum atomic E-state index is 10.5. The number of carbonyl (C=O) groups is 1. The van der Waals surface area contributed by atoms with Crippen LogP contribution >= 0.6 is 0 Å². The standard InChI is InChI=1S/C7H9NO2/c1-2-3-10-6-4-7(9)8-5-6/h2,4H,1,3,5H2,(H,8,9). The van der Waals surface area contributed by atoms with Gasteiger partial charge in [-0.15, -0.1) is 0 Å². The highest BCUT2D eigenvalue weighted by atomic mass is 16.5. The quantitative estimate of drug-likeness (QED) is 0.567. The molecule has 0 saturated heterocycles. The van der Waals surface area contributed by atoms with E-state index in [9.17, 15) is 4.79 Å². The number of nitrogens with one attached hydrogen (secondary N) is 1. The lowest BCUT2D eigenvalue weighted by molar-refractivity contribution is -0.115. The van der Waals surface area contributed by atoms with E-state index in [1.165, 1.54) is 6.08 Å². The van der Waals surface area contributed by atoms with Crippen LogP contribution < -0.4 is 5.32 Å². The minimum atomic E-state index is -0.0842. The van der Waals surface area contributed by atoms with Crippen LogP contribution in [0.5, 0.6) is 0 Å². The van der Waals surface area contributed by atoms with E-state index in [1.54, 1.807) is 6.08 Å². The summed E-state index contributed by atoms with van der Waals surface area (Å²) in [6.07, 6.45) is 3.09. The van der Waals surface area contributed by atoms with Crippen LogP contribution in [0, 0.1) is 0 Å². The Morgan fingerprint density at radius 2 is 2.70 bits per heavy atom. The fourth-order valence-electron chi connectivity index (χ4n) is 0.681. The van der Waals surface area contributed by atoms with Crippen molar-refractivity contribution in [2.24, 2.45) is 0 Å². The van der Waals surface area contributed by atoms with Crippen molar-refractivity contribution in [2.75, 3.05) is 13.2 Å². The van der Waals surface area contributed by atoms with Gasteiger partial charge < -0.3 is 10.1 Å². The van der Waals surface area contributed by atoms with Crippen LogP contribution in [0.25, 0.3) is 0 Å². The van der Waals surface area contributed by atoms with Crippen LogP contribution in [0.15, 0.2) is 24.5 Å². The lowest BCUT2D eigenvalue weighted by Gasteiger charge is -2.00. The minimum Gasteiger partial charge on any atom is -0.492 e. The predicted octanol–water partition coefficient (Wildman–Crippen LogP) is 0.203. The molecule has 3 heteroatoms. The van der Waals surface area contributed by atoms with Crippen molar-refractivity contribution in [3.05, 3.63) is 24.5 Å². The van der Waals surface area contributed by atoms with E-state index in [-0.39, 0.29) is 5.91 Å². The summed E-state index contributed by atoms with van der Waals surface area (Å²) in [4.78, 5) is 10.5. The third-order valence-electron chi connectivity index (χ3n) is 1.12. The Morgan fingerprint density at radius 3 is 3.20 bits per heavy atom. The highest BCUT2D eigenvalue weighted by Crippen LogP contribution is 2.00. The van der Waals surface area contributed by atoms with E-state index in [0.29, 0.717) is 18.9 Å². The Labute approximate surface area is 59.4 Å². The van der Waals surface area contributed by atoms with Crippen LogP contribution in [0.4, 0.5) is 0 Å². The second-order valence-corrected chi connectivity index (χ2v) is 1.93. The van der Waals surface area contributed by atoms with Gasteiger partial charge in [-0.2, -0.15) is 0 Å². The predicted molar refractivity (Wildman–Crippen MR) is 37.2 cm³/mol. The molecule has 0 radical (unpaired) electrons. The normalized spacial score (nSPS) is 16.0. The molecule has 1 amide bonds. The first-order valence-electron chi connectivity index (χ1n) is 3.05. The molecule has 1 heterocycles. The topological polar surface area (TPSA) is 38.3 Å². The van der Waals surface area contributed by atoms with Gasteiger partial charge in [0, 0.05) is 6.08 Å². The third-order valence-corrected chi connectivity index (χ3v) is 1.12. The first-order valence-corrected chi connectivity index (χ1v) is 3.05. The van der Waals surface area contributed by atoms with Gasteiger partial charge in [0.2, 0.25) is 5.91 Å². The monoisotopic (exact) mass is 139 g/mol. The van der Waals surface area contributed by atoms with Crippen molar-refractivity contribution < 1.29 is 9.53 Å². The van der Waals surface area contributed by atoms with Gasteiger partial charge in [-0.3, -0.25) is 4.79 Å². The first-order chi connectivity index (χ1) is 4.83. The van der Waals surface area contributed by atoms with E-state index in [4.69, 9.17) is 4.74 Å². The minimum absolute atomic E-state index is 0.0842. The number of carbonyl (C=O) groups excluding carboxylic acids is 1. The Bertz CT molecular complexity index is 184. The molecule has 1 N–H and O–H groups in total. The van der Waals surface area contributed by atoms with Crippen molar-refractivity contribution in [1.82, 2.24) is 5.32 Å². The van der Waals surface area contributed by atoms with Gasteiger partial charge in [-0.05, 0) is 0 Å². The fourth-order valence-corrected chi connectivity index (χ4v) is 0.681. The van der Waals surface area contributed by atoms with Crippen LogP contribution in [0.1, 0.15) is 0 Å². The van der Waals surface area contributed by atoms with E-state index >= 15 is 0 Å². The molecule has 0 aromatic heterocycles. The molecule has 0 aromatic carbocycles. The smallest absolute Gasteiger partial charge is 0.247 e. The molecule has 1 rings (SSSR count). The third kappa shape index (κ3) is 1.62. The molecule has 0 saturated carbocycles. The SMILES string of the molecule is C=CCOC1=CC(=O)NC1. The molecule has 1 aliphatic rings. The molecule has 1 aliphatic heterocycles. The average Bonchev–Trinajstić information content (AvgIpc) is 2.31. The van der Waals surface area contributed by atoms with Crippen LogP contribution in [-0.4, -0.2) is 19.1 Å². The lowest BCUT2D eigenvalue weighted by atomic mass is 10.5. The van der Waals surface area contributed by atoms with Crippen LogP contribution in [-0.2, 0) is 9.53 Å². The number of ether oxygens (including phenoxy) is 1. The Hall–Kier alpha value is -1.25. The van der Waals surface area contributed by atoms with E-state index < -0.39 is 0 Å². The zero-order valence-corrected chi connectivity index (χ0v) is 5.59. The molecule has 3 nitrogen and oxygen atoms in total. The summed E-state index contributed by atoms with van der Waals surface area (Å²) in [5.74, 6) is 0.601. The van der Waals surface area contributed by atoms with Crippen molar-refractivity contribution >= 4 is 5.91 Å². The van der Waals surface area contributed by atoms with Crippen LogP contribution in [0.3, 0.4) is 0 Å². The zero-order valence-electron chi connectivity index (χ0n) is 5.59. The Kier molecular flexibility index (Phi) is 2.10. The summed E-state index contributed by atoms with van der Waals surface area (Å²) < 4.78 is 5.08. The van der Waals surface area contributed by atoms with E-state index in [2.05, 4.69) is 11.9 Å². The molecular weight excluding hydrogens is 130 g/mol. The number of rotatable bonds is 3. The molecule has 54 valence electrons. The average molecular weight is 139 g/mol. The molecular formula is C7H9NO2. The van der Waals surface area contributed by atoms with Crippen LogP contribution in [0.2, 0.25) is 0 Å². The molecule has 0 unspecified atom stereocenters. The summed E-state index contributed by atoms with van der Waals surface area (Å²) in [5.41, 5.74) is 0. The lowest BCUT2D eigenvalue weighted by Crippen LogP contribution is -2.15. The number of hydrogen-bond acceptors (Lipinski definition) is 2. The summed E-state index contributed by atoms with van der Waals surface area (Å²) in [6, 6.07) is 0. The molecule has 10 heavy (non-hydrogen) atoms. The molecule has 0 aliphatic carbocycles. The van der Waals surface area contributed by atoms with Gasteiger partial charge in [-0.1, -0.05) is 12.7 Å². The second kappa shape index (κ2) is 3.06. The van der Waals surface area contributed by atoms with E-state index in [1.807, 2.05) is 0 Å². The zero-order chi connectivity index (χ0) is 7.40. The van der Waals surface area contributed by atoms with Gasteiger partial charge in [-0.25, -0.2) is 0 Å². The van der Waals surface area contributed by atoms with Crippen molar-refractivity contribution in [2.45, 2.75) is 0 Å². The second-order valence-electron chi connectivity index (χ2n) is 1.93. The van der Waals surface area contributed by atoms with Crippen molar-refractivity contribution in [3.8, 4) is 0 Å². The first kappa shape index (κ1) is 6.86. The largest absolute Gasteiger partial charge is 0.492 e. The van der Waals surface area contributed by atoms with Crippen molar-refractivity contribution in [3.63, 3.8) is 0 Å². The summed E-state index contributed by atoms with van der Waals surface area (Å²) in [5, 5.41) is 2.59. The maximum Gasteiger partial charge on any atom is 0.247 e. The maximum absolute atomic E-state index is 10.5. The number of amides is 1. The van der Waals surface area contributed by atoms with Gasteiger partial charge in [0.25, 0.3) is 0 Å². The fraction of sp³-hybridized carbons (Fsp3) is 0.286. The molecule has 0 atom stereocenters. The van der Waals surface area contributed by atoms with Gasteiger partial charge in [0.15, 0.2) is 0 Å². The Morgan fingerprint density at radius 1 is 1.90 bits per heavy atom. The number of hydrogen-bond donors (Lipinski definition) is 1. The molecule has 0 aromatic rings. The molecule has 0 spiro atoms. The van der Waals surface area contributed by atoms with Gasteiger partial charge in [0.1, 0.15) is 12.4 Å². The van der Waals surface area contributed by atoms with Gasteiger partial charge >= 0.3 is 0 Å². The molecule has 0 fully saturated rings.